The van der Waals surface area contributed by atoms with Gasteiger partial charge in [-0.3, -0.25) is 14.6 Å². The predicted octanol–water partition coefficient (Wildman–Crippen LogP) is 15.9. The molecule has 6 aromatic carbocycles. The largest absolute Gasteiger partial charge is 0.369 e. The van der Waals surface area contributed by atoms with Gasteiger partial charge in [0, 0.05) is 85.9 Å². The summed E-state index contributed by atoms with van der Waals surface area (Å²) >= 11 is 0. The first-order valence-electron chi connectivity index (χ1n) is 27.6. The molecule has 2 aliphatic rings. The average Bonchev–Trinajstić information content (AvgIpc) is 4.15. The number of amides is 1. The van der Waals surface area contributed by atoms with E-state index < -0.39 is 0 Å². The Bertz CT molecular complexity index is 2490. The molecule has 0 atom stereocenters. The van der Waals surface area contributed by atoms with Crippen molar-refractivity contribution < 1.29 is 4.79 Å². The second-order valence-corrected chi connectivity index (χ2v) is 15.8. The quantitative estimate of drug-likeness (QED) is 0.142. The van der Waals surface area contributed by atoms with Crippen molar-refractivity contribution in [1.29, 1.82) is 0 Å². The SMILES string of the molecule is CC.CC.CC.CC.CC.CC.O=C(c1ccccc1)N1CCN(Cc2nc(-c3ccccc3)c(-c3ccccc3)[nH]2)CC1.c1ccc(-c2nc(CN3CCN(c4ccccc4)CC3)[nH]c2-c2ccccc2)cc1. The highest BCUT2D eigenvalue weighted by Crippen LogP contribution is 2.32. The van der Waals surface area contributed by atoms with Gasteiger partial charge in [0.2, 0.25) is 0 Å². The third-order valence-corrected chi connectivity index (χ3v) is 11.6. The molecule has 2 N–H and O–H groups in total. The summed E-state index contributed by atoms with van der Waals surface area (Å²) in [5.74, 6) is 2.09. The number of H-pyrrole nitrogens is 2. The maximum atomic E-state index is 12.7. The Labute approximate surface area is 446 Å². The molecule has 0 aliphatic carbocycles. The van der Waals surface area contributed by atoms with Crippen LogP contribution in [-0.2, 0) is 13.1 Å². The highest BCUT2D eigenvalue weighted by atomic mass is 16.2. The fraction of sp³-hybridized carbons (Fsp3) is 0.338. The van der Waals surface area contributed by atoms with Crippen LogP contribution in [0.3, 0.4) is 0 Å². The van der Waals surface area contributed by atoms with Gasteiger partial charge in [-0.05, 0) is 24.3 Å². The van der Waals surface area contributed by atoms with E-state index in [0.717, 1.165) is 122 Å². The molecule has 9 nitrogen and oxygen atoms in total. The minimum absolute atomic E-state index is 0.112. The van der Waals surface area contributed by atoms with Crippen LogP contribution in [0, 0.1) is 0 Å². The second-order valence-electron chi connectivity index (χ2n) is 15.8. The van der Waals surface area contributed by atoms with E-state index in [4.69, 9.17) is 9.97 Å². The molecule has 2 fully saturated rings. The number of hydrogen-bond donors (Lipinski definition) is 2. The third kappa shape index (κ3) is 18.1. The Morgan fingerprint density at radius 3 is 1.03 bits per heavy atom. The average molecular weight is 997 g/mol. The van der Waals surface area contributed by atoms with Crippen molar-refractivity contribution in [3.8, 4) is 45.0 Å². The topological polar surface area (TPSA) is 87.4 Å². The van der Waals surface area contributed by atoms with E-state index in [0.29, 0.717) is 0 Å². The van der Waals surface area contributed by atoms with E-state index in [9.17, 15) is 4.79 Å². The standard InChI is InChI=1S/C27H26N4O.C26H26N4.6C2H6/c32-27(23-14-8-3-9-15-23)31-18-16-30(17-19-31)20-24-28-25(21-10-4-1-5-11-21)26(29-24)22-12-6-2-7-13-22;1-4-10-21(11-5-1)25-26(22-12-6-2-7-13-22)28-24(27-25)20-29-16-18-30(19-17-29)23-14-8-3-9-15-23;6*1-2/h1-15H,16-20H2,(H,28,29);1-15H,16-20H2,(H,27,28);6*1-2H3. The number of anilines is 1. The van der Waals surface area contributed by atoms with Gasteiger partial charge in [0.25, 0.3) is 5.91 Å². The Morgan fingerprint density at radius 1 is 0.378 bits per heavy atom. The van der Waals surface area contributed by atoms with Crippen LogP contribution in [0.15, 0.2) is 182 Å². The first-order chi connectivity index (χ1) is 36.6. The van der Waals surface area contributed by atoms with E-state index in [1.165, 1.54) is 11.3 Å². The van der Waals surface area contributed by atoms with E-state index in [2.05, 4.69) is 134 Å². The molecule has 0 radical (unpaired) electrons. The van der Waals surface area contributed by atoms with E-state index in [1.54, 1.807) is 0 Å². The monoisotopic (exact) mass is 997 g/mol. The number of aromatic nitrogens is 4. The van der Waals surface area contributed by atoms with Crippen LogP contribution in [-0.4, -0.2) is 92.9 Å². The van der Waals surface area contributed by atoms with E-state index in [-0.39, 0.29) is 5.91 Å². The first kappa shape index (κ1) is 61.2. The number of carbonyl (C=O) groups excluding carboxylic acids is 1. The number of para-hydroxylation sites is 1. The van der Waals surface area contributed by atoms with Gasteiger partial charge in [0.1, 0.15) is 11.6 Å². The Morgan fingerprint density at radius 2 is 0.676 bits per heavy atom. The fourth-order valence-corrected chi connectivity index (χ4v) is 8.33. The maximum Gasteiger partial charge on any atom is 0.253 e. The number of rotatable bonds is 10. The summed E-state index contributed by atoms with van der Waals surface area (Å²) < 4.78 is 0. The highest BCUT2D eigenvalue weighted by Gasteiger charge is 2.24. The summed E-state index contributed by atoms with van der Waals surface area (Å²) in [5.41, 5.74) is 10.8. The summed E-state index contributed by atoms with van der Waals surface area (Å²) in [6.45, 7) is 32.9. The summed E-state index contributed by atoms with van der Waals surface area (Å²) in [6, 6.07) is 61.8. The van der Waals surface area contributed by atoms with Crippen LogP contribution < -0.4 is 4.90 Å². The van der Waals surface area contributed by atoms with Crippen molar-refractivity contribution in [2.45, 2.75) is 96.2 Å². The molecular formula is C65H88N8O. The normalized spacial score (nSPS) is 12.7. The number of aromatic amines is 2. The molecule has 9 heteroatoms. The van der Waals surface area contributed by atoms with Gasteiger partial charge in [0.05, 0.1) is 35.9 Å². The summed E-state index contributed by atoms with van der Waals surface area (Å²) in [5, 5.41) is 0. The van der Waals surface area contributed by atoms with Crippen molar-refractivity contribution in [3.63, 3.8) is 0 Å². The minimum atomic E-state index is 0.112. The summed E-state index contributed by atoms with van der Waals surface area (Å²) in [7, 11) is 0. The van der Waals surface area contributed by atoms with Gasteiger partial charge >= 0.3 is 0 Å². The number of benzene rings is 6. The molecule has 4 heterocycles. The van der Waals surface area contributed by atoms with Gasteiger partial charge in [-0.15, -0.1) is 0 Å². The molecule has 1 amide bonds. The van der Waals surface area contributed by atoms with Crippen LogP contribution in [0.1, 0.15) is 105 Å². The molecule has 0 saturated carbocycles. The van der Waals surface area contributed by atoms with Gasteiger partial charge in [-0.2, -0.15) is 0 Å². The first-order valence-corrected chi connectivity index (χ1v) is 27.6. The molecule has 0 bridgehead atoms. The molecule has 8 aromatic rings. The van der Waals surface area contributed by atoms with Crippen molar-refractivity contribution >= 4 is 11.6 Å². The van der Waals surface area contributed by atoms with Crippen LogP contribution in [0.2, 0.25) is 0 Å². The number of piperazine rings is 2. The summed E-state index contributed by atoms with van der Waals surface area (Å²) in [6.07, 6.45) is 0. The maximum absolute atomic E-state index is 12.7. The molecule has 2 saturated heterocycles. The lowest BCUT2D eigenvalue weighted by Crippen LogP contribution is -2.48. The minimum Gasteiger partial charge on any atom is -0.369 e. The van der Waals surface area contributed by atoms with Crippen molar-refractivity contribution in [3.05, 3.63) is 199 Å². The van der Waals surface area contributed by atoms with E-state index >= 15 is 0 Å². The molecule has 0 unspecified atom stereocenters. The molecule has 2 aromatic heterocycles. The summed E-state index contributed by atoms with van der Waals surface area (Å²) in [4.78, 5) is 39.1. The van der Waals surface area contributed by atoms with Crippen molar-refractivity contribution in [1.82, 2.24) is 34.6 Å². The third-order valence-electron chi connectivity index (χ3n) is 11.6. The lowest BCUT2D eigenvalue weighted by Gasteiger charge is -2.35. The van der Waals surface area contributed by atoms with Crippen molar-refractivity contribution in [2.75, 3.05) is 57.3 Å². The molecule has 2 aliphatic heterocycles. The fourth-order valence-electron chi connectivity index (χ4n) is 8.33. The highest BCUT2D eigenvalue weighted by molar-refractivity contribution is 5.94. The lowest BCUT2D eigenvalue weighted by molar-refractivity contribution is 0.0625. The zero-order chi connectivity index (χ0) is 53.9. The molecule has 0 spiro atoms. The smallest absolute Gasteiger partial charge is 0.253 e. The number of nitrogens with zero attached hydrogens (tertiary/aromatic N) is 6. The number of nitrogens with one attached hydrogen (secondary N) is 2. The van der Waals surface area contributed by atoms with Crippen molar-refractivity contribution in [2.24, 2.45) is 0 Å². The number of imidazole rings is 2. The number of hydrogen-bond acceptors (Lipinski definition) is 6. The molecule has 74 heavy (non-hydrogen) atoms. The van der Waals surface area contributed by atoms with Gasteiger partial charge in [-0.25, -0.2) is 9.97 Å². The van der Waals surface area contributed by atoms with Crippen LogP contribution in [0.4, 0.5) is 5.69 Å². The van der Waals surface area contributed by atoms with Gasteiger partial charge < -0.3 is 19.8 Å². The van der Waals surface area contributed by atoms with Crippen LogP contribution >= 0.6 is 0 Å². The van der Waals surface area contributed by atoms with E-state index in [1.807, 2.05) is 161 Å². The van der Waals surface area contributed by atoms with Crippen LogP contribution in [0.25, 0.3) is 45.0 Å². The van der Waals surface area contributed by atoms with Gasteiger partial charge in [0.15, 0.2) is 0 Å². The molecular weight excluding hydrogens is 909 g/mol. The lowest BCUT2D eigenvalue weighted by atomic mass is 10.1. The Balaban J connectivity index is 0.000000326. The molecule has 10 rings (SSSR count). The Kier molecular flexibility index (Phi) is 29.7. The van der Waals surface area contributed by atoms with Gasteiger partial charge in [-0.1, -0.05) is 241 Å². The zero-order valence-corrected chi connectivity index (χ0v) is 47.0. The van der Waals surface area contributed by atoms with Crippen LogP contribution in [0.5, 0.6) is 0 Å². The predicted molar refractivity (Wildman–Crippen MR) is 319 cm³/mol. The molecule has 394 valence electrons. The zero-order valence-electron chi connectivity index (χ0n) is 47.0. The second kappa shape index (κ2) is 36.0. The Hall–Kier alpha value is -7.07. The number of carbonyl (C=O) groups is 1.